The van der Waals surface area contributed by atoms with Crippen LogP contribution in [-0.2, 0) is 11.2 Å². The Morgan fingerprint density at radius 1 is 1.20 bits per heavy atom. The molecular weight excluding hydrogens is 250 g/mol. The highest BCUT2D eigenvalue weighted by molar-refractivity contribution is 5.83. The van der Waals surface area contributed by atoms with Crippen molar-refractivity contribution in [2.75, 3.05) is 0 Å². The van der Waals surface area contributed by atoms with Crippen molar-refractivity contribution in [1.29, 1.82) is 0 Å². The monoisotopic (exact) mass is 266 g/mol. The molecule has 0 aliphatic heterocycles. The standard InChI is InChI=1S/C17H17NO2/c1-2-3-14-6-10-16(18-12-14)15-8-4-13(5-9-15)7-11-17(19)20/h4-12H,2-3H2,1H3,(H,19,20)/p-1. The van der Waals surface area contributed by atoms with E-state index in [1.807, 2.05) is 36.5 Å². The summed E-state index contributed by atoms with van der Waals surface area (Å²) in [6.45, 7) is 2.15. The topological polar surface area (TPSA) is 53.0 Å². The molecule has 0 N–H and O–H groups in total. The van der Waals surface area contributed by atoms with Crippen molar-refractivity contribution in [1.82, 2.24) is 4.98 Å². The van der Waals surface area contributed by atoms with Gasteiger partial charge >= 0.3 is 0 Å². The number of nitrogens with zero attached hydrogens (tertiary/aromatic N) is 1. The van der Waals surface area contributed by atoms with Crippen molar-refractivity contribution in [3.63, 3.8) is 0 Å². The number of aromatic nitrogens is 1. The van der Waals surface area contributed by atoms with Gasteiger partial charge in [-0.05, 0) is 29.7 Å². The normalized spacial score (nSPS) is 10.8. The number of carboxylic acid groups (broad SMARTS) is 1. The molecule has 1 aromatic heterocycles. The van der Waals surface area contributed by atoms with E-state index < -0.39 is 5.97 Å². The van der Waals surface area contributed by atoms with E-state index in [9.17, 15) is 9.90 Å². The smallest absolute Gasteiger partial charge is 0.0702 e. The molecule has 0 atom stereocenters. The average molecular weight is 266 g/mol. The van der Waals surface area contributed by atoms with Crippen LogP contribution in [0.1, 0.15) is 24.5 Å². The third-order valence-corrected chi connectivity index (χ3v) is 2.98. The molecule has 2 aromatic rings. The molecule has 102 valence electrons. The first-order valence-electron chi connectivity index (χ1n) is 6.63. The first-order valence-corrected chi connectivity index (χ1v) is 6.63. The molecular formula is C17H16NO2-. The highest BCUT2D eigenvalue weighted by atomic mass is 16.4. The maximum Gasteiger partial charge on any atom is 0.0702 e. The van der Waals surface area contributed by atoms with Crippen molar-refractivity contribution in [3.8, 4) is 11.3 Å². The Bertz CT molecular complexity index is 598. The Balaban J connectivity index is 2.15. The quantitative estimate of drug-likeness (QED) is 0.781. The third kappa shape index (κ3) is 3.79. The largest absolute Gasteiger partial charge is 0.545 e. The summed E-state index contributed by atoms with van der Waals surface area (Å²) in [5.41, 5.74) is 3.99. The van der Waals surface area contributed by atoms with E-state index in [-0.39, 0.29) is 0 Å². The van der Waals surface area contributed by atoms with Crippen molar-refractivity contribution < 1.29 is 9.90 Å². The first-order chi connectivity index (χ1) is 9.69. The summed E-state index contributed by atoms with van der Waals surface area (Å²) in [5.74, 6) is -1.19. The summed E-state index contributed by atoms with van der Waals surface area (Å²) in [6, 6.07) is 11.7. The van der Waals surface area contributed by atoms with Crippen molar-refractivity contribution >= 4 is 12.0 Å². The second-order valence-corrected chi connectivity index (χ2v) is 4.58. The fourth-order valence-electron chi connectivity index (χ4n) is 1.96. The zero-order valence-electron chi connectivity index (χ0n) is 11.4. The van der Waals surface area contributed by atoms with E-state index in [0.717, 1.165) is 35.7 Å². The predicted molar refractivity (Wildman–Crippen MR) is 77.7 cm³/mol. The number of hydrogen-bond donors (Lipinski definition) is 0. The van der Waals surface area contributed by atoms with Crippen LogP contribution in [0.3, 0.4) is 0 Å². The highest BCUT2D eigenvalue weighted by Gasteiger charge is 1.99. The van der Waals surface area contributed by atoms with Gasteiger partial charge in [0.15, 0.2) is 0 Å². The molecule has 0 bridgehead atoms. The number of carbonyl (C=O) groups excluding carboxylic acids is 1. The fourth-order valence-corrected chi connectivity index (χ4v) is 1.96. The molecule has 0 unspecified atom stereocenters. The molecule has 0 aliphatic carbocycles. The maximum atomic E-state index is 10.3. The van der Waals surface area contributed by atoms with Crippen LogP contribution in [0.25, 0.3) is 17.3 Å². The SMILES string of the molecule is CCCc1ccc(-c2ccc(C=CC(=O)[O-])cc2)nc1. The minimum Gasteiger partial charge on any atom is -0.545 e. The number of hydrogen-bond acceptors (Lipinski definition) is 3. The van der Waals surface area contributed by atoms with Gasteiger partial charge in [0, 0.05) is 11.8 Å². The van der Waals surface area contributed by atoms with Crippen LogP contribution in [0.4, 0.5) is 0 Å². The van der Waals surface area contributed by atoms with Gasteiger partial charge in [0.2, 0.25) is 0 Å². The zero-order valence-corrected chi connectivity index (χ0v) is 11.4. The Labute approximate surface area is 118 Å². The van der Waals surface area contributed by atoms with E-state index in [0.29, 0.717) is 0 Å². The summed E-state index contributed by atoms with van der Waals surface area (Å²) in [7, 11) is 0. The Morgan fingerprint density at radius 3 is 2.50 bits per heavy atom. The van der Waals surface area contributed by atoms with Gasteiger partial charge in [-0.2, -0.15) is 0 Å². The third-order valence-electron chi connectivity index (χ3n) is 2.98. The average Bonchev–Trinajstić information content (AvgIpc) is 2.47. The van der Waals surface area contributed by atoms with E-state index in [1.54, 1.807) is 0 Å². The Hall–Kier alpha value is -2.42. The first kappa shape index (κ1) is 14.0. The van der Waals surface area contributed by atoms with Crippen LogP contribution in [-0.4, -0.2) is 11.0 Å². The van der Waals surface area contributed by atoms with E-state index in [2.05, 4.69) is 18.0 Å². The maximum absolute atomic E-state index is 10.3. The number of carboxylic acids is 1. The highest BCUT2D eigenvalue weighted by Crippen LogP contribution is 2.18. The summed E-state index contributed by atoms with van der Waals surface area (Å²) in [4.78, 5) is 14.8. The number of pyridine rings is 1. The van der Waals surface area contributed by atoms with Crippen LogP contribution in [0.2, 0.25) is 0 Å². The molecule has 0 saturated carbocycles. The molecule has 1 heterocycles. The van der Waals surface area contributed by atoms with Gasteiger partial charge in [-0.25, -0.2) is 0 Å². The van der Waals surface area contributed by atoms with Gasteiger partial charge in [0.25, 0.3) is 0 Å². The van der Waals surface area contributed by atoms with E-state index in [1.165, 1.54) is 11.6 Å². The van der Waals surface area contributed by atoms with Gasteiger partial charge in [0.1, 0.15) is 0 Å². The van der Waals surface area contributed by atoms with Gasteiger partial charge < -0.3 is 9.90 Å². The predicted octanol–water partition coefficient (Wildman–Crippen LogP) is 2.46. The molecule has 20 heavy (non-hydrogen) atoms. The number of aliphatic carboxylic acids is 1. The van der Waals surface area contributed by atoms with Crippen molar-refractivity contribution in [3.05, 3.63) is 59.8 Å². The number of aryl methyl sites for hydroxylation is 1. The fraction of sp³-hybridized carbons (Fsp3) is 0.176. The molecule has 1 aromatic carbocycles. The Kier molecular flexibility index (Phi) is 4.66. The lowest BCUT2D eigenvalue weighted by molar-refractivity contribution is -0.297. The molecule has 0 fully saturated rings. The second-order valence-electron chi connectivity index (χ2n) is 4.58. The molecule has 0 saturated heterocycles. The summed E-state index contributed by atoms with van der Waals surface area (Å²) < 4.78 is 0. The van der Waals surface area contributed by atoms with Gasteiger partial charge in [-0.15, -0.1) is 0 Å². The van der Waals surface area contributed by atoms with Crippen LogP contribution in [0, 0.1) is 0 Å². The molecule has 3 heteroatoms. The summed E-state index contributed by atoms with van der Waals surface area (Å²) >= 11 is 0. The summed E-state index contributed by atoms with van der Waals surface area (Å²) in [6.07, 6.45) is 6.59. The zero-order chi connectivity index (χ0) is 14.4. The minimum absolute atomic E-state index is 0.820. The van der Waals surface area contributed by atoms with Crippen molar-refractivity contribution in [2.24, 2.45) is 0 Å². The molecule has 0 spiro atoms. The van der Waals surface area contributed by atoms with Crippen molar-refractivity contribution in [2.45, 2.75) is 19.8 Å². The van der Waals surface area contributed by atoms with Gasteiger partial charge in [-0.3, -0.25) is 4.98 Å². The lowest BCUT2D eigenvalue weighted by atomic mass is 10.1. The van der Waals surface area contributed by atoms with E-state index >= 15 is 0 Å². The molecule has 2 rings (SSSR count). The van der Waals surface area contributed by atoms with Crippen LogP contribution in [0.5, 0.6) is 0 Å². The molecule has 3 nitrogen and oxygen atoms in total. The van der Waals surface area contributed by atoms with Crippen LogP contribution in [0.15, 0.2) is 48.7 Å². The van der Waals surface area contributed by atoms with Crippen LogP contribution < -0.4 is 5.11 Å². The van der Waals surface area contributed by atoms with Gasteiger partial charge in [0.05, 0.1) is 11.7 Å². The molecule has 0 radical (unpaired) electrons. The number of carbonyl (C=O) groups is 1. The van der Waals surface area contributed by atoms with Gasteiger partial charge in [-0.1, -0.05) is 49.8 Å². The molecule has 0 aliphatic rings. The lowest BCUT2D eigenvalue weighted by Gasteiger charge is -2.03. The molecule has 0 amide bonds. The minimum atomic E-state index is -1.19. The van der Waals surface area contributed by atoms with Crippen LogP contribution >= 0.6 is 0 Å². The number of rotatable bonds is 5. The second kappa shape index (κ2) is 6.66. The van der Waals surface area contributed by atoms with E-state index in [4.69, 9.17) is 0 Å². The Morgan fingerprint density at radius 2 is 1.95 bits per heavy atom. The number of benzene rings is 1. The summed E-state index contributed by atoms with van der Waals surface area (Å²) in [5, 5.41) is 10.3. The lowest BCUT2D eigenvalue weighted by Crippen LogP contribution is -2.18.